The van der Waals surface area contributed by atoms with Crippen LogP contribution in [-0.2, 0) is 9.84 Å². The van der Waals surface area contributed by atoms with E-state index in [4.69, 9.17) is 9.47 Å². The van der Waals surface area contributed by atoms with Crippen LogP contribution in [0.4, 0.5) is 0 Å². The van der Waals surface area contributed by atoms with Crippen molar-refractivity contribution < 1.29 is 17.9 Å². The van der Waals surface area contributed by atoms with Gasteiger partial charge in [-0.2, -0.15) is 0 Å². The van der Waals surface area contributed by atoms with Crippen LogP contribution in [0.3, 0.4) is 0 Å². The minimum atomic E-state index is -3.27. The van der Waals surface area contributed by atoms with Crippen LogP contribution in [0.2, 0.25) is 0 Å². The molecule has 0 saturated carbocycles. The minimum Gasteiger partial charge on any atom is -0.496 e. The molecule has 4 nitrogen and oxygen atoms in total. The number of benzene rings is 2. The second-order valence-electron chi connectivity index (χ2n) is 4.61. The molecule has 0 aliphatic carbocycles. The molecule has 118 valence electrons. The Hall–Kier alpha value is -1.53. The van der Waals surface area contributed by atoms with Gasteiger partial charge in [0.05, 0.1) is 24.9 Å². The first-order chi connectivity index (χ1) is 10.4. The maximum Gasteiger partial charge on any atom is 0.178 e. The summed E-state index contributed by atoms with van der Waals surface area (Å²) in [5.41, 5.74) is 1.60. The van der Waals surface area contributed by atoms with E-state index in [1.165, 1.54) is 7.11 Å². The number of methoxy groups -OCH3 is 2. The van der Waals surface area contributed by atoms with Crippen LogP contribution in [-0.4, -0.2) is 28.4 Å². The zero-order valence-corrected chi connectivity index (χ0v) is 15.0. The van der Waals surface area contributed by atoms with Gasteiger partial charge in [-0.1, -0.05) is 22.9 Å². The van der Waals surface area contributed by atoms with E-state index in [2.05, 4.69) is 15.9 Å². The third-order valence-electron chi connectivity index (χ3n) is 3.36. The van der Waals surface area contributed by atoms with Crippen molar-refractivity contribution in [2.75, 3.05) is 20.0 Å². The zero-order valence-electron chi connectivity index (χ0n) is 12.6. The van der Waals surface area contributed by atoms with Crippen LogP contribution in [0, 0.1) is 0 Å². The van der Waals surface area contributed by atoms with Gasteiger partial charge in [-0.3, -0.25) is 0 Å². The number of sulfone groups is 1. The summed E-state index contributed by atoms with van der Waals surface area (Å²) in [6.45, 7) is 1.62. The molecule has 0 unspecified atom stereocenters. The highest BCUT2D eigenvalue weighted by Gasteiger charge is 2.17. The summed E-state index contributed by atoms with van der Waals surface area (Å²) in [7, 11) is -0.162. The normalized spacial score (nSPS) is 11.3. The van der Waals surface area contributed by atoms with Gasteiger partial charge in [-0.15, -0.1) is 0 Å². The number of ether oxygens (including phenoxy) is 2. The first-order valence-electron chi connectivity index (χ1n) is 6.67. The van der Waals surface area contributed by atoms with Gasteiger partial charge in [-0.05, 0) is 36.4 Å². The molecular weight excluding hydrogens is 368 g/mol. The van der Waals surface area contributed by atoms with Gasteiger partial charge < -0.3 is 9.47 Å². The van der Waals surface area contributed by atoms with Crippen LogP contribution in [0.15, 0.2) is 45.8 Å². The molecule has 0 atom stereocenters. The van der Waals surface area contributed by atoms with Crippen molar-refractivity contribution in [2.45, 2.75) is 11.8 Å². The van der Waals surface area contributed by atoms with E-state index in [0.717, 1.165) is 15.6 Å². The summed E-state index contributed by atoms with van der Waals surface area (Å²) in [5, 5.41) is 0. The second-order valence-corrected chi connectivity index (χ2v) is 7.80. The maximum atomic E-state index is 12.0. The molecule has 0 fully saturated rings. The number of halogens is 1. The average molecular weight is 385 g/mol. The lowest BCUT2D eigenvalue weighted by Crippen LogP contribution is -2.04. The zero-order chi connectivity index (χ0) is 16.3. The lowest BCUT2D eigenvalue weighted by Gasteiger charge is -2.14. The van der Waals surface area contributed by atoms with Crippen molar-refractivity contribution in [1.29, 1.82) is 0 Å². The first kappa shape index (κ1) is 16.8. The summed E-state index contributed by atoms with van der Waals surface area (Å²) < 4.78 is 35.7. The van der Waals surface area contributed by atoms with E-state index in [1.54, 1.807) is 32.2 Å². The molecule has 0 bridgehead atoms. The van der Waals surface area contributed by atoms with Gasteiger partial charge in [0.1, 0.15) is 11.5 Å². The minimum absolute atomic E-state index is 0.0513. The average Bonchev–Trinajstić information content (AvgIpc) is 2.54. The van der Waals surface area contributed by atoms with Crippen molar-refractivity contribution in [3.05, 3.63) is 40.9 Å². The van der Waals surface area contributed by atoms with Gasteiger partial charge in [0, 0.05) is 15.6 Å². The van der Waals surface area contributed by atoms with E-state index >= 15 is 0 Å². The summed E-state index contributed by atoms with van der Waals surface area (Å²) in [6.07, 6.45) is 0. The standard InChI is InChI=1S/C16H17BrO4S/c1-4-22(18,19)12-6-7-13(16(10-12)21-3)14-9-11(17)5-8-15(14)20-2/h5-10H,4H2,1-3H3. The number of hydrogen-bond acceptors (Lipinski definition) is 4. The van der Waals surface area contributed by atoms with Crippen LogP contribution in [0.1, 0.15) is 6.92 Å². The smallest absolute Gasteiger partial charge is 0.178 e. The third kappa shape index (κ3) is 3.28. The molecule has 0 spiro atoms. The topological polar surface area (TPSA) is 52.6 Å². The lowest BCUT2D eigenvalue weighted by atomic mass is 10.0. The predicted molar refractivity (Wildman–Crippen MR) is 90.4 cm³/mol. The highest BCUT2D eigenvalue weighted by Crippen LogP contribution is 2.39. The van der Waals surface area contributed by atoms with Crippen molar-refractivity contribution in [1.82, 2.24) is 0 Å². The summed E-state index contributed by atoms with van der Waals surface area (Å²) in [4.78, 5) is 0.254. The fraction of sp³-hybridized carbons (Fsp3) is 0.250. The first-order valence-corrected chi connectivity index (χ1v) is 9.12. The Bertz CT molecular complexity index is 785. The van der Waals surface area contributed by atoms with Crippen molar-refractivity contribution >= 4 is 25.8 Å². The van der Waals surface area contributed by atoms with Gasteiger partial charge >= 0.3 is 0 Å². The van der Waals surface area contributed by atoms with Gasteiger partial charge in [0.15, 0.2) is 9.84 Å². The molecule has 22 heavy (non-hydrogen) atoms. The Morgan fingerprint density at radius 3 is 2.23 bits per heavy atom. The van der Waals surface area contributed by atoms with E-state index < -0.39 is 9.84 Å². The molecule has 0 aliphatic heterocycles. The molecule has 2 aromatic rings. The van der Waals surface area contributed by atoms with E-state index in [9.17, 15) is 8.42 Å². The lowest BCUT2D eigenvalue weighted by molar-refractivity contribution is 0.409. The maximum absolute atomic E-state index is 12.0. The van der Waals surface area contributed by atoms with E-state index in [-0.39, 0.29) is 10.6 Å². The molecule has 0 amide bonds. The van der Waals surface area contributed by atoms with Crippen molar-refractivity contribution in [2.24, 2.45) is 0 Å². The van der Waals surface area contributed by atoms with Gasteiger partial charge in [0.25, 0.3) is 0 Å². The van der Waals surface area contributed by atoms with Crippen LogP contribution in [0.25, 0.3) is 11.1 Å². The Balaban J connectivity index is 2.65. The fourth-order valence-corrected chi connectivity index (χ4v) is 3.40. The van der Waals surface area contributed by atoms with Gasteiger partial charge in [0.2, 0.25) is 0 Å². The largest absolute Gasteiger partial charge is 0.496 e. The molecular formula is C16H17BrO4S. The Labute approximate surface area is 139 Å². The number of rotatable bonds is 5. The van der Waals surface area contributed by atoms with E-state index in [1.807, 2.05) is 18.2 Å². The molecule has 0 heterocycles. The summed E-state index contributed by atoms with van der Waals surface area (Å²) >= 11 is 3.43. The fourth-order valence-electron chi connectivity index (χ4n) is 2.14. The molecule has 6 heteroatoms. The van der Waals surface area contributed by atoms with Crippen LogP contribution >= 0.6 is 15.9 Å². The Morgan fingerprint density at radius 1 is 0.955 bits per heavy atom. The molecule has 0 saturated heterocycles. The van der Waals surface area contributed by atoms with Crippen molar-refractivity contribution in [3.8, 4) is 22.6 Å². The highest BCUT2D eigenvalue weighted by molar-refractivity contribution is 9.10. The Kier molecular flexibility index (Phi) is 5.13. The Morgan fingerprint density at radius 2 is 1.64 bits per heavy atom. The highest BCUT2D eigenvalue weighted by atomic mass is 79.9. The SMILES string of the molecule is CCS(=O)(=O)c1ccc(-c2cc(Br)ccc2OC)c(OC)c1. The molecule has 2 rings (SSSR count). The second kappa shape index (κ2) is 6.71. The molecule has 0 radical (unpaired) electrons. The van der Waals surface area contributed by atoms with Gasteiger partial charge in [-0.25, -0.2) is 8.42 Å². The molecule has 2 aromatic carbocycles. The molecule has 0 aliphatic rings. The summed E-state index contributed by atoms with van der Waals surface area (Å²) in [5.74, 6) is 1.23. The molecule has 0 N–H and O–H groups in total. The monoisotopic (exact) mass is 384 g/mol. The van der Waals surface area contributed by atoms with Crippen LogP contribution < -0.4 is 9.47 Å². The third-order valence-corrected chi connectivity index (χ3v) is 5.59. The quantitative estimate of drug-likeness (QED) is 0.783. The number of hydrogen-bond donors (Lipinski definition) is 0. The predicted octanol–water partition coefficient (Wildman–Crippen LogP) is 3.93. The van der Waals surface area contributed by atoms with E-state index in [0.29, 0.717) is 11.5 Å². The summed E-state index contributed by atoms with van der Waals surface area (Å²) in [6, 6.07) is 10.5. The van der Waals surface area contributed by atoms with Crippen LogP contribution in [0.5, 0.6) is 11.5 Å². The van der Waals surface area contributed by atoms with Crippen molar-refractivity contribution in [3.63, 3.8) is 0 Å². The molecule has 0 aromatic heterocycles.